The summed E-state index contributed by atoms with van der Waals surface area (Å²) in [5, 5.41) is 0.572. The molecule has 2 aliphatic heterocycles. The van der Waals surface area contributed by atoms with Crippen LogP contribution in [0, 0.1) is 0 Å². The molecule has 162 valence electrons. The maximum absolute atomic E-state index is 12.3. The van der Waals surface area contributed by atoms with E-state index in [9.17, 15) is 18.0 Å². The predicted octanol–water partition coefficient (Wildman–Crippen LogP) is 2.71. The molecule has 2 heterocycles. The molecule has 0 aliphatic carbocycles. The number of sulfone groups is 1. The van der Waals surface area contributed by atoms with Crippen molar-refractivity contribution in [3.8, 4) is 0 Å². The number of ketones is 1. The van der Waals surface area contributed by atoms with Gasteiger partial charge < -0.3 is 9.64 Å². The second-order valence-electron chi connectivity index (χ2n) is 7.53. The first-order valence-corrected chi connectivity index (χ1v) is 12.6. The van der Waals surface area contributed by atoms with E-state index in [1.165, 1.54) is 18.7 Å². The van der Waals surface area contributed by atoms with Crippen molar-refractivity contribution in [2.45, 2.75) is 25.6 Å². The molecule has 0 amide bonds. The number of aliphatic imine (C=N–C) groups is 1. The average molecular weight is 459 g/mol. The van der Waals surface area contributed by atoms with Crippen LogP contribution in [0.1, 0.15) is 22.8 Å². The topological polar surface area (TPSA) is 93.1 Å². The Hall–Kier alpha value is -2.65. The highest BCUT2D eigenvalue weighted by atomic mass is 32.2. The second kappa shape index (κ2) is 8.84. The van der Waals surface area contributed by atoms with Crippen molar-refractivity contribution in [3.05, 3.63) is 65.7 Å². The van der Waals surface area contributed by atoms with Crippen LogP contribution in [0.2, 0.25) is 0 Å². The summed E-state index contributed by atoms with van der Waals surface area (Å²) in [6.45, 7) is 1.68. The molecule has 31 heavy (non-hydrogen) atoms. The molecule has 9 heteroatoms. The highest BCUT2D eigenvalue weighted by molar-refractivity contribution is 8.14. The van der Waals surface area contributed by atoms with Crippen LogP contribution in [-0.2, 0) is 26.0 Å². The highest BCUT2D eigenvalue weighted by Gasteiger charge is 2.47. The van der Waals surface area contributed by atoms with Crippen molar-refractivity contribution in [2.24, 2.45) is 4.99 Å². The molecule has 1 saturated heterocycles. The van der Waals surface area contributed by atoms with Crippen LogP contribution >= 0.6 is 11.8 Å². The van der Waals surface area contributed by atoms with Gasteiger partial charge in [-0.05, 0) is 24.6 Å². The van der Waals surface area contributed by atoms with E-state index in [-0.39, 0.29) is 47.7 Å². The van der Waals surface area contributed by atoms with Crippen LogP contribution in [0.15, 0.2) is 59.6 Å². The Kier molecular flexibility index (Phi) is 6.15. The standard InChI is InChI=1S/C22H22N2O5S2/c1-15(25)17-8-5-9-18(10-17)24-20-14-31(27,28)13-19(20)23-22(24)30-12-21(26)29-11-16-6-3-2-4-7-16/h2-10,19-20H,11-14H2,1H3/t19-,20+/m1/s1. The lowest BCUT2D eigenvalue weighted by Gasteiger charge is -2.26. The van der Waals surface area contributed by atoms with Crippen LogP contribution < -0.4 is 4.90 Å². The van der Waals surface area contributed by atoms with Crippen LogP contribution in [0.25, 0.3) is 0 Å². The Bertz CT molecular complexity index is 1130. The van der Waals surface area contributed by atoms with Gasteiger partial charge in [-0.15, -0.1) is 0 Å². The first-order chi connectivity index (χ1) is 14.8. The molecular formula is C22H22N2O5S2. The largest absolute Gasteiger partial charge is 0.460 e. The zero-order valence-corrected chi connectivity index (χ0v) is 18.6. The maximum atomic E-state index is 12.3. The number of hydrogen-bond donors (Lipinski definition) is 0. The quantitative estimate of drug-likeness (QED) is 0.485. The number of ether oxygens (including phenoxy) is 1. The number of amidine groups is 1. The lowest BCUT2D eigenvalue weighted by Crippen LogP contribution is -2.39. The average Bonchev–Trinajstić information content (AvgIpc) is 3.22. The number of fused-ring (bicyclic) bond motifs is 1. The number of hydrogen-bond acceptors (Lipinski definition) is 8. The summed E-state index contributed by atoms with van der Waals surface area (Å²) in [6, 6.07) is 15.7. The number of anilines is 1. The Labute approximate surface area is 185 Å². The van der Waals surface area contributed by atoms with E-state index in [1.807, 2.05) is 41.3 Å². The van der Waals surface area contributed by atoms with Gasteiger partial charge in [-0.25, -0.2) is 8.42 Å². The summed E-state index contributed by atoms with van der Waals surface area (Å²) in [5.41, 5.74) is 2.14. The molecule has 2 aliphatic rings. The SMILES string of the molecule is CC(=O)c1cccc(N2C(SCC(=O)OCc3ccccc3)=N[C@@H]3CS(=O)(=O)C[C@@H]32)c1. The van der Waals surface area contributed by atoms with E-state index in [0.717, 1.165) is 5.56 Å². The number of carbonyl (C=O) groups excluding carboxylic acids is 2. The van der Waals surface area contributed by atoms with Gasteiger partial charge in [-0.3, -0.25) is 14.6 Å². The third-order valence-electron chi connectivity index (χ3n) is 5.20. The van der Waals surface area contributed by atoms with Gasteiger partial charge in [0.15, 0.2) is 20.8 Å². The van der Waals surface area contributed by atoms with E-state index in [1.54, 1.807) is 18.2 Å². The maximum Gasteiger partial charge on any atom is 0.316 e. The molecule has 0 spiro atoms. The molecular weight excluding hydrogens is 436 g/mol. The van der Waals surface area contributed by atoms with Gasteiger partial charge in [-0.2, -0.15) is 0 Å². The smallest absolute Gasteiger partial charge is 0.316 e. The minimum Gasteiger partial charge on any atom is -0.460 e. The number of rotatable bonds is 6. The zero-order chi connectivity index (χ0) is 22.0. The summed E-state index contributed by atoms with van der Waals surface area (Å²) < 4.78 is 29.6. The van der Waals surface area contributed by atoms with Crippen molar-refractivity contribution in [1.29, 1.82) is 0 Å². The number of nitrogens with zero attached hydrogens (tertiary/aromatic N) is 2. The van der Waals surface area contributed by atoms with Gasteiger partial charge in [-0.1, -0.05) is 54.2 Å². The van der Waals surface area contributed by atoms with Gasteiger partial charge >= 0.3 is 5.97 Å². The third-order valence-corrected chi connectivity index (χ3v) is 7.84. The summed E-state index contributed by atoms with van der Waals surface area (Å²) >= 11 is 1.22. The zero-order valence-electron chi connectivity index (χ0n) is 16.9. The molecule has 0 bridgehead atoms. The molecule has 0 radical (unpaired) electrons. The van der Waals surface area contributed by atoms with Gasteiger partial charge in [0.2, 0.25) is 0 Å². The molecule has 2 aromatic rings. The Morgan fingerprint density at radius 2 is 1.90 bits per heavy atom. The molecule has 2 atom stereocenters. The fraction of sp³-hybridized carbons (Fsp3) is 0.318. The highest BCUT2D eigenvalue weighted by Crippen LogP contribution is 2.35. The number of thioether (sulfide) groups is 1. The normalized spacial score (nSPS) is 21.5. The van der Waals surface area contributed by atoms with Crippen molar-refractivity contribution >= 4 is 44.2 Å². The minimum absolute atomic E-state index is 0.00597. The first kappa shape index (κ1) is 21.6. The summed E-state index contributed by atoms with van der Waals surface area (Å²) in [5.74, 6) is -0.413. The lowest BCUT2D eigenvalue weighted by atomic mass is 10.1. The van der Waals surface area contributed by atoms with E-state index in [4.69, 9.17) is 4.74 Å². The molecule has 0 unspecified atom stereocenters. The van der Waals surface area contributed by atoms with Crippen LogP contribution in [0.4, 0.5) is 5.69 Å². The summed E-state index contributed by atoms with van der Waals surface area (Å²) in [6.07, 6.45) is 0. The number of benzene rings is 2. The minimum atomic E-state index is -3.18. The van der Waals surface area contributed by atoms with Gasteiger partial charge in [0.05, 0.1) is 29.3 Å². The van der Waals surface area contributed by atoms with Crippen molar-refractivity contribution in [2.75, 3.05) is 22.2 Å². The van der Waals surface area contributed by atoms with Crippen molar-refractivity contribution < 1.29 is 22.7 Å². The molecule has 0 saturated carbocycles. The van der Waals surface area contributed by atoms with Crippen LogP contribution in [-0.4, -0.2) is 54.7 Å². The van der Waals surface area contributed by atoms with Gasteiger partial charge in [0, 0.05) is 11.3 Å². The summed E-state index contributed by atoms with van der Waals surface area (Å²) in [7, 11) is -3.18. The van der Waals surface area contributed by atoms with Gasteiger partial charge in [0.1, 0.15) is 6.61 Å². The number of esters is 1. The van der Waals surface area contributed by atoms with Crippen LogP contribution in [0.3, 0.4) is 0 Å². The summed E-state index contributed by atoms with van der Waals surface area (Å²) in [4.78, 5) is 30.5. The van der Waals surface area contributed by atoms with E-state index in [0.29, 0.717) is 16.4 Å². The Morgan fingerprint density at radius 1 is 1.13 bits per heavy atom. The number of carbonyl (C=O) groups is 2. The molecule has 2 aromatic carbocycles. The van der Waals surface area contributed by atoms with Crippen molar-refractivity contribution in [3.63, 3.8) is 0 Å². The molecule has 4 rings (SSSR count). The van der Waals surface area contributed by atoms with E-state index >= 15 is 0 Å². The van der Waals surface area contributed by atoms with E-state index < -0.39 is 9.84 Å². The van der Waals surface area contributed by atoms with Crippen molar-refractivity contribution in [1.82, 2.24) is 0 Å². The predicted molar refractivity (Wildman–Crippen MR) is 121 cm³/mol. The molecule has 0 aromatic heterocycles. The lowest BCUT2D eigenvalue weighted by molar-refractivity contribution is -0.141. The number of Topliss-reactive ketones (excluding diaryl/α,β-unsaturated/α-hetero) is 1. The second-order valence-corrected chi connectivity index (χ2v) is 10.6. The fourth-order valence-electron chi connectivity index (χ4n) is 3.71. The molecule has 1 fully saturated rings. The monoisotopic (exact) mass is 458 g/mol. The van der Waals surface area contributed by atoms with Gasteiger partial charge in [0.25, 0.3) is 0 Å². The first-order valence-electron chi connectivity index (χ1n) is 9.83. The molecule has 0 N–H and O–H groups in total. The molecule has 7 nitrogen and oxygen atoms in total. The Balaban J connectivity index is 1.49. The van der Waals surface area contributed by atoms with E-state index in [2.05, 4.69) is 4.99 Å². The third kappa shape index (κ3) is 4.99. The Morgan fingerprint density at radius 3 is 2.65 bits per heavy atom. The van der Waals surface area contributed by atoms with Crippen LogP contribution in [0.5, 0.6) is 0 Å². The fourth-order valence-corrected chi connectivity index (χ4v) is 6.48.